The van der Waals surface area contributed by atoms with E-state index < -0.39 is 0 Å². The molecule has 1 fully saturated rings. The van der Waals surface area contributed by atoms with Crippen LogP contribution in [0, 0.1) is 6.92 Å². The van der Waals surface area contributed by atoms with Crippen molar-refractivity contribution < 1.29 is 14.3 Å². The maximum absolute atomic E-state index is 12.4. The summed E-state index contributed by atoms with van der Waals surface area (Å²) >= 11 is 7.61. The van der Waals surface area contributed by atoms with Crippen LogP contribution in [0.3, 0.4) is 0 Å². The summed E-state index contributed by atoms with van der Waals surface area (Å²) in [6, 6.07) is 11.2. The maximum atomic E-state index is 12.4. The van der Waals surface area contributed by atoms with Crippen molar-refractivity contribution in [1.82, 2.24) is 4.90 Å². The van der Waals surface area contributed by atoms with Crippen molar-refractivity contribution in [3.05, 3.63) is 52.5 Å². The molecule has 7 heteroatoms. The molecule has 3 rings (SSSR count). The van der Waals surface area contributed by atoms with Crippen LogP contribution in [0.4, 0.5) is 5.69 Å². The Labute approximate surface area is 162 Å². The molecule has 1 heterocycles. The predicted molar refractivity (Wildman–Crippen MR) is 106 cm³/mol. The van der Waals surface area contributed by atoms with E-state index in [1.54, 1.807) is 19.1 Å². The van der Waals surface area contributed by atoms with Gasteiger partial charge in [-0.15, -0.1) is 0 Å². The van der Waals surface area contributed by atoms with Gasteiger partial charge in [-0.3, -0.25) is 9.69 Å². The molecule has 0 unspecified atom stereocenters. The van der Waals surface area contributed by atoms with Crippen LogP contribution in [0.2, 0.25) is 5.02 Å². The number of halogens is 1. The number of thioether (sulfide) groups is 1. The number of carbonyl (C=O) groups excluding carboxylic acids is 1. The lowest BCUT2D eigenvalue weighted by atomic mass is 10.2. The van der Waals surface area contributed by atoms with Crippen LogP contribution in [0.1, 0.15) is 11.1 Å². The molecule has 0 aliphatic carbocycles. The van der Waals surface area contributed by atoms with Crippen LogP contribution in [0.15, 0.2) is 41.4 Å². The summed E-state index contributed by atoms with van der Waals surface area (Å²) in [7, 11) is 3.18. The second kappa shape index (κ2) is 8.01. The highest BCUT2D eigenvalue weighted by atomic mass is 35.5. The van der Waals surface area contributed by atoms with Crippen LogP contribution in [0.25, 0.3) is 0 Å². The number of hydrogen-bond acceptors (Lipinski definition) is 5. The minimum Gasteiger partial charge on any atom is -0.493 e. The van der Waals surface area contributed by atoms with Crippen molar-refractivity contribution in [3.8, 4) is 11.5 Å². The van der Waals surface area contributed by atoms with Gasteiger partial charge in [0.25, 0.3) is 0 Å². The van der Waals surface area contributed by atoms with Crippen molar-refractivity contribution in [2.45, 2.75) is 13.5 Å². The Kier molecular flexibility index (Phi) is 5.74. The molecule has 26 heavy (non-hydrogen) atoms. The molecule has 0 atom stereocenters. The number of ether oxygens (including phenoxy) is 2. The Morgan fingerprint density at radius 3 is 2.69 bits per heavy atom. The number of hydrogen-bond donors (Lipinski definition) is 0. The predicted octanol–water partition coefficient (Wildman–Crippen LogP) is 4.43. The molecule has 1 amide bonds. The van der Waals surface area contributed by atoms with Crippen molar-refractivity contribution in [2.75, 3.05) is 20.0 Å². The van der Waals surface area contributed by atoms with Gasteiger partial charge in [-0.25, -0.2) is 4.99 Å². The Hall–Kier alpha value is -2.18. The van der Waals surface area contributed by atoms with Crippen molar-refractivity contribution in [3.63, 3.8) is 0 Å². The standard InChI is InChI=1S/C19H19ClN2O3S/c1-12-14(20)5-4-6-15(12)21-19-22(18(23)11-26-19)10-13-7-8-16(24-2)17(9-13)25-3/h4-9H,10-11H2,1-3H3. The molecule has 0 saturated carbocycles. The van der Waals surface area contributed by atoms with E-state index in [4.69, 9.17) is 21.1 Å². The molecular formula is C19H19ClN2O3S. The summed E-state index contributed by atoms with van der Waals surface area (Å²) < 4.78 is 10.6. The Balaban J connectivity index is 1.89. The monoisotopic (exact) mass is 390 g/mol. The van der Waals surface area contributed by atoms with Gasteiger partial charge in [0.05, 0.1) is 32.2 Å². The van der Waals surface area contributed by atoms with Crippen LogP contribution in [-0.2, 0) is 11.3 Å². The largest absolute Gasteiger partial charge is 0.493 e. The summed E-state index contributed by atoms with van der Waals surface area (Å²) in [6.07, 6.45) is 0. The lowest BCUT2D eigenvalue weighted by Crippen LogP contribution is -2.28. The van der Waals surface area contributed by atoms with Crippen LogP contribution in [-0.4, -0.2) is 35.9 Å². The first-order chi connectivity index (χ1) is 12.5. The smallest absolute Gasteiger partial charge is 0.239 e. The normalized spacial score (nSPS) is 15.6. The molecule has 0 radical (unpaired) electrons. The molecule has 0 bridgehead atoms. The van der Waals surface area contributed by atoms with Crippen molar-refractivity contribution in [1.29, 1.82) is 0 Å². The highest BCUT2D eigenvalue weighted by Crippen LogP contribution is 2.32. The van der Waals surface area contributed by atoms with Crippen molar-refractivity contribution >= 4 is 40.1 Å². The molecule has 0 spiro atoms. The molecule has 1 aliphatic heterocycles. The lowest BCUT2D eigenvalue weighted by Gasteiger charge is -2.17. The fraction of sp³-hybridized carbons (Fsp3) is 0.263. The van der Waals surface area contributed by atoms with E-state index in [9.17, 15) is 4.79 Å². The van der Waals surface area contributed by atoms with Gasteiger partial charge in [0.15, 0.2) is 16.7 Å². The quantitative estimate of drug-likeness (QED) is 0.757. The van der Waals surface area contributed by atoms with Gasteiger partial charge in [-0.1, -0.05) is 35.5 Å². The van der Waals surface area contributed by atoms with Gasteiger partial charge in [0, 0.05) is 5.02 Å². The number of nitrogens with zero attached hydrogens (tertiary/aromatic N) is 2. The van der Waals surface area contributed by atoms with E-state index in [-0.39, 0.29) is 5.91 Å². The minimum absolute atomic E-state index is 0.0308. The number of methoxy groups -OCH3 is 2. The molecule has 5 nitrogen and oxygen atoms in total. The second-order valence-corrected chi connectivity index (χ2v) is 7.09. The van der Waals surface area contributed by atoms with E-state index in [1.807, 2.05) is 43.3 Å². The molecular weight excluding hydrogens is 372 g/mol. The summed E-state index contributed by atoms with van der Waals surface area (Å²) in [5, 5.41) is 1.34. The number of amides is 1. The molecule has 1 aliphatic rings. The third-order valence-corrected chi connectivity index (χ3v) is 5.47. The van der Waals surface area contributed by atoms with E-state index >= 15 is 0 Å². The Bertz CT molecular complexity index is 870. The SMILES string of the molecule is COc1ccc(CN2C(=O)CSC2=Nc2cccc(Cl)c2C)cc1OC. The van der Waals surface area contributed by atoms with Crippen LogP contribution < -0.4 is 9.47 Å². The molecule has 0 aromatic heterocycles. The maximum Gasteiger partial charge on any atom is 0.239 e. The van der Waals surface area contributed by atoms with Gasteiger partial charge in [-0.05, 0) is 42.3 Å². The Morgan fingerprint density at radius 1 is 1.19 bits per heavy atom. The summed E-state index contributed by atoms with van der Waals surface area (Å²) in [4.78, 5) is 18.7. The molecule has 136 valence electrons. The van der Waals surface area contributed by atoms with Crippen molar-refractivity contribution in [2.24, 2.45) is 4.99 Å². The average molecular weight is 391 g/mol. The number of benzene rings is 2. The topological polar surface area (TPSA) is 51.1 Å². The van der Waals surface area contributed by atoms with E-state index in [2.05, 4.69) is 4.99 Å². The first kappa shape index (κ1) is 18.6. The van der Waals surface area contributed by atoms with Gasteiger partial charge in [0.2, 0.25) is 5.91 Å². The lowest BCUT2D eigenvalue weighted by molar-refractivity contribution is -0.124. The average Bonchev–Trinajstić information content (AvgIpc) is 2.98. The fourth-order valence-electron chi connectivity index (χ4n) is 2.62. The number of rotatable bonds is 5. The summed E-state index contributed by atoms with van der Waals surface area (Å²) in [5.41, 5.74) is 2.61. The number of carbonyl (C=O) groups is 1. The van der Waals surface area contributed by atoms with Gasteiger partial charge in [-0.2, -0.15) is 0 Å². The highest BCUT2D eigenvalue weighted by Gasteiger charge is 2.28. The van der Waals surface area contributed by atoms with E-state index in [0.717, 1.165) is 16.8 Å². The zero-order valence-corrected chi connectivity index (χ0v) is 16.4. The first-order valence-electron chi connectivity index (χ1n) is 8.01. The van der Waals surface area contributed by atoms with E-state index in [1.165, 1.54) is 11.8 Å². The third-order valence-electron chi connectivity index (χ3n) is 4.10. The first-order valence-corrected chi connectivity index (χ1v) is 9.37. The van der Waals surface area contributed by atoms with Gasteiger partial charge in [0.1, 0.15) is 0 Å². The minimum atomic E-state index is 0.0308. The molecule has 2 aromatic rings. The van der Waals surface area contributed by atoms with E-state index in [0.29, 0.717) is 34.0 Å². The number of aliphatic imine (C=N–C) groups is 1. The van der Waals surface area contributed by atoms with Crippen LogP contribution >= 0.6 is 23.4 Å². The Morgan fingerprint density at radius 2 is 1.96 bits per heavy atom. The highest BCUT2D eigenvalue weighted by molar-refractivity contribution is 8.15. The molecule has 2 aromatic carbocycles. The number of amidine groups is 1. The zero-order valence-electron chi connectivity index (χ0n) is 14.8. The van der Waals surface area contributed by atoms with Crippen LogP contribution in [0.5, 0.6) is 11.5 Å². The molecule has 0 N–H and O–H groups in total. The summed E-state index contributed by atoms with van der Waals surface area (Å²) in [5.74, 6) is 1.70. The van der Waals surface area contributed by atoms with Gasteiger partial charge < -0.3 is 9.47 Å². The van der Waals surface area contributed by atoms with Gasteiger partial charge >= 0.3 is 0 Å². The zero-order chi connectivity index (χ0) is 18.7. The second-order valence-electron chi connectivity index (χ2n) is 5.74. The summed E-state index contributed by atoms with van der Waals surface area (Å²) in [6.45, 7) is 2.34. The third kappa shape index (κ3) is 3.81. The molecule has 1 saturated heterocycles. The fourth-order valence-corrected chi connectivity index (χ4v) is 3.68.